The van der Waals surface area contributed by atoms with Crippen LogP contribution >= 0.6 is 0 Å². The Labute approximate surface area is 105 Å². The molecule has 0 heterocycles. The molecule has 0 aromatic heterocycles. The molecule has 0 saturated carbocycles. The topological polar surface area (TPSA) is 57.5 Å². The minimum absolute atomic E-state index is 0. The van der Waals surface area contributed by atoms with Gasteiger partial charge >= 0.3 is 58.1 Å². The van der Waals surface area contributed by atoms with Gasteiger partial charge in [-0.05, 0) is 0 Å². The first-order chi connectivity index (χ1) is 1.73. The van der Waals surface area contributed by atoms with Crippen molar-refractivity contribution in [2.45, 2.75) is 0 Å². The Bertz CT molecular complexity index is 33.8. The van der Waals surface area contributed by atoms with Crippen molar-refractivity contribution in [2.24, 2.45) is 0 Å². The van der Waals surface area contributed by atoms with Crippen molar-refractivity contribution in [1.82, 2.24) is 0 Å². The van der Waals surface area contributed by atoms with E-state index in [4.69, 9.17) is 14.1 Å². The zero-order valence-electron chi connectivity index (χ0n) is 2.38. The third-order valence-electron chi connectivity index (χ3n) is 0. The Kier molecular flexibility index (Phi) is 27.3. The van der Waals surface area contributed by atoms with Crippen LogP contribution in [0.4, 0.5) is 0 Å². The van der Waals surface area contributed by atoms with Crippen LogP contribution in [0.25, 0.3) is 0 Å². The van der Waals surface area contributed by atoms with Gasteiger partial charge in [0, 0.05) is 35.6 Å². The quantitative estimate of drug-likeness (QED) is 0.471. The summed E-state index contributed by atoms with van der Waals surface area (Å²) in [5.41, 5.74) is 0. The van der Waals surface area contributed by atoms with Gasteiger partial charge in [0.25, 0.3) is 0 Å². The molecule has 0 aliphatic rings. The maximum atomic E-state index is 8.74. The molecule has 0 atom stereocenters. The fourth-order valence-corrected chi connectivity index (χ4v) is 0. The molecule has 6 heavy (non-hydrogen) atoms. The summed E-state index contributed by atoms with van der Waals surface area (Å²) in [6.45, 7) is 0. The maximum absolute atomic E-state index is 8.74. The molecule has 1 radical (unpaired) electrons. The number of rotatable bonds is 0. The monoisotopic (exact) mass is 357 g/mol. The van der Waals surface area contributed by atoms with Crippen molar-refractivity contribution < 1.29 is 49.7 Å². The van der Waals surface area contributed by atoms with Crippen molar-refractivity contribution in [2.75, 3.05) is 0 Å². The van der Waals surface area contributed by atoms with Crippen molar-refractivity contribution in [3.63, 3.8) is 0 Å². The van der Waals surface area contributed by atoms with E-state index in [0.717, 1.165) is 0 Å². The van der Waals surface area contributed by atoms with Crippen molar-refractivity contribution in [1.29, 1.82) is 0 Å². The smallest absolute Gasteiger partial charge is 0 e. The maximum Gasteiger partial charge on any atom is 0 e. The van der Waals surface area contributed by atoms with Crippen LogP contribution in [0, 0.1) is 35.6 Å². The number of hydrogen-bond acceptors (Lipinski definition) is 1. The van der Waals surface area contributed by atoms with Crippen molar-refractivity contribution >= 4 is 58.1 Å². The summed E-state index contributed by atoms with van der Waals surface area (Å²) in [6, 6.07) is 0. The Morgan fingerprint density at radius 1 is 1.33 bits per heavy atom. The molecule has 0 spiro atoms. The number of hydrogen-bond donors (Lipinski definition) is 2. The zero-order valence-corrected chi connectivity index (χ0v) is 7.01. The molecule has 6 heteroatoms. The van der Waals surface area contributed by atoms with Gasteiger partial charge in [-0.2, -0.15) is 0 Å². The Morgan fingerprint density at radius 3 is 1.33 bits per heavy atom. The van der Waals surface area contributed by atoms with E-state index in [1.54, 1.807) is 0 Å². The minimum Gasteiger partial charge on any atom is 0 e. The first kappa shape index (κ1) is 15.8. The first-order valence-electron chi connectivity index (χ1n) is 0.651. The van der Waals surface area contributed by atoms with Crippen LogP contribution in [-0.4, -0.2) is 67.6 Å². The van der Waals surface area contributed by atoms with Gasteiger partial charge in [0.2, 0.25) is 0 Å². The van der Waals surface area contributed by atoms with Gasteiger partial charge in [0.1, 0.15) is 0 Å². The molecule has 3 nitrogen and oxygen atoms in total. The second-order valence-corrected chi connectivity index (χ2v) is 0.848. The minimum atomic E-state index is -3.13. The van der Waals surface area contributed by atoms with Gasteiger partial charge in [-0.15, -0.1) is 0 Å². The molecule has 0 bridgehead atoms. The molecule has 0 aliphatic carbocycles. The van der Waals surface area contributed by atoms with E-state index in [2.05, 4.69) is 0 Å². The van der Waals surface area contributed by atoms with Crippen LogP contribution in [0.5, 0.6) is 0 Å². The van der Waals surface area contributed by atoms with E-state index in [1.807, 2.05) is 0 Å². The van der Waals surface area contributed by atoms with Gasteiger partial charge < -0.3 is 9.59 Å². The average molecular weight is 356 g/mol. The molecule has 0 aromatic rings. The zero-order chi connectivity index (χ0) is 3.58. The Morgan fingerprint density at radius 2 is 1.33 bits per heavy atom. The molecule has 0 aliphatic heterocycles. The van der Waals surface area contributed by atoms with Gasteiger partial charge in [0.15, 0.2) is 0 Å². The molecule has 31 valence electrons. The molecule has 2 N–H and O–H groups in total. The summed E-state index contributed by atoms with van der Waals surface area (Å²) in [7, 11) is -3.13. The van der Waals surface area contributed by atoms with E-state index in [-0.39, 0.29) is 84.5 Å². The molecule has 0 saturated heterocycles. The predicted molar refractivity (Wildman–Crippen MR) is 19.4 cm³/mol. The van der Waals surface area contributed by atoms with Gasteiger partial charge in [-0.1, -0.05) is 0 Å². The van der Waals surface area contributed by atoms with Crippen LogP contribution in [0.2, 0.25) is 0 Å². The van der Waals surface area contributed by atoms with Crippen LogP contribution in [-0.2, 0) is 4.46 Å². The standard InChI is InChI=1S/Ba.La.H2O3Si.2H/c;;1-4(2)3;;/h;;1-2H;;. The summed E-state index contributed by atoms with van der Waals surface area (Å²) < 4.78 is 8.74. The fraction of sp³-hybridized carbons (Fsp3) is 0. The Balaban J connectivity index is -0.0000000450. The molecule has 0 fully saturated rings. The van der Waals surface area contributed by atoms with Gasteiger partial charge in [-0.25, -0.2) is 0 Å². The summed E-state index contributed by atoms with van der Waals surface area (Å²) in [4.78, 5) is 14.3. The first-order valence-corrected chi connectivity index (χ1v) is 1.95. The molecular formula is H4BaLaO3Si. The van der Waals surface area contributed by atoms with Gasteiger partial charge in [-0.3, -0.25) is 4.46 Å². The molecule has 0 amide bonds. The van der Waals surface area contributed by atoms with E-state index in [1.165, 1.54) is 0 Å². The van der Waals surface area contributed by atoms with E-state index < -0.39 is 9.17 Å². The van der Waals surface area contributed by atoms with Crippen LogP contribution in [0.1, 0.15) is 0 Å². The second kappa shape index (κ2) is 10.4. The van der Waals surface area contributed by atoms with Crippen LogP contribution < -0.4 is 0 Å². The summed E-state index contributed by atoms with van der Waals surface area (Å²) >= 11 is 0. The predicted octanol–water partition coefficient (Wildman–Crippen LogP) is -2.53. The van der Waals surface area contributed by atoms with Crippen LogP contribution in [0.3, 0.4) is 0 Å². The summed E-state index contributed by atoms with van der Waals surface area (Å²) in [5, 5.41) is 0. The third kappa shape index (κ3) is 32.6. The van der Waals surface area contributed by atoms with Crippen molar-refractivity contribution in [3.05, 3.63) is 0 Å². The average Bonchev–Trinajstić information content (AvgIpc) is 0.811. The third-order valence-corrected chi connectivity index (χ3v) is 0. The van der Waals surface area contributed by atoms with E-state index in [0.29, 0.717) is 0 Å². The molecular weight excluding hydrogens is 352 g/mol. The van der Waals surface area contributed by atoms with Gasteiger partial charge in [0.05, 0.1) is 0 Å². The molecule has 0 aromatic carbocycles. The largest absolute Gasteiger partial charge is 0 e. The SMILES string of the molecule is O=[Si](O)O.[BaH2].[La]. The van der Waals surface area contributed by atoms with E-state index in [9.17, 15) is 0 Å². The fourth-order valence-electron chi connectivity index (χ4n) is 0. The summed E-state index contributed by atoms with van der Waals surface area (Å²) in [6.07, 6.45) is 0. The normalized spacial score (nSPS) is 4.00. The van der Waals surface area contributed by atoms with Crippen molar-refractivity contribution in [3.8, 4) is 0 Å². The molecule has 0 unspecified atom stereocenters. The van der Waals surface area contributed by atoms with E-state index >= 15 is 0 Å². The van der Waals surface area contributed by atoms with Crippen LogP contribution in [0.15, 0.2) is 0 Å². The summed E-state index contributed by atoms with van der Waals surface area (Å²) in [5.74, 6) is 0. The second-order valence-electron chi connectivity index (χ2n) is 0.283. The molecule has 0 rings (SSSR count). The Hall–Kier alpha value is 2.38.